The highest BCUT2D eigenvalue weighted by molar-refractivity contribution is 5.81. The van der Waals surface area contributed by atoms with Crippen molar-refractivity contribution in [2.24, 2.45) is 4.99 Å². The number of nitrogens with one attached hydrogen (secondary N) is 2. The number of aryl methyl sites for hydroxylation is 1. The van der Waals surface area contributed by atoms with Crippen molar-refractivity contribution in [3.63, 3.8) is 0 Å². The number of guanidine groups is 1. The average Bonchev–Trinajstić information content (AvgIpc) is 2.98. The Labute approximate surface area is 137 Å². The number of amides is 1. The molecule has 1 aliphatic rings. The molecule has 1 amide bonds. The number of piperidine rings is 1. The predicted molar refractivity (Wildman–Crippen MR) is 89.2 cm³/mol. The number of rotatable bonds is 6. The average molecular weight is 321 g/mol. The van der Waals surface area contributed by atoms with E-state index in [4.69, 9.17) is 0 Å². The van der Waals surface area contributed by atoms with Crippen molar-refractivity contribution < 1.29 is 4.79 Å². The third-order valence-corrected chi connectivity index (χ3v) is 3.93. The summed E-state index contributed by atoms with van der Waals surface area (Å²) in [5.41, 5.74) is 0. The lowest BCUT2D eigenvalue weighted by molar-refractivity contribution is -0.132. The topological polar surface area (TPSA) is 87.4 Å². The van der Waals surface area contributed by atoms with Gasteiger partial charge in [0.25, 0.3) is 0 Å². The molecule has 1 aliphatic heterocycles. The van der Waals surface area contributed by atoms with Crippen molar-refractivity contribution >= 4 is 11.9 Å². The third kappa shape index (κ3) is 4.94. The number of carbonyl (C=O) groups is 1. The van der Waals surface area contributed by atoms with E-state index in [1.807, 2.05) is 18.5 Å². The number of carbonyl (C=O) groups excluding carboxylic acids is 1. The first-order valence-corrected chi connectivity index (χ1v) is 8.29. The molecule has 1 fully saturated rings. The molecule has 128 valence electrons. The van der Waals surface area contributed by atoms with E-state index in [-0.39, 0.29) is 11.9 Å². The van der Waals surface area contributed by atoms with Crippen LogP contribution in [0.4, 0.5) is 0 Å². The van der Waals surface area contributed by atoms with Crippen LogP contribution < -0.4 is 10.6 Å². The summed E-state index contributed by atoms with van der Waals surface area (Å²) in [5, 5.41) is 14.7. The molecule has 23 heavy (non-hydrogen) atoms. The van der Waals surface area contributed by atoms with Gasteiger partial charge in [-0.3, -0.25) is 9.79 Å². The lowest BCUT2D eigenvalue weighted by atomic mass is 10.1. The number of aromatic nitrogens is 3. The van der Waals surface area contributed by atoms with Gasteiger partial charge in [-0.1, -0.05) is 6.92 Å². The zero-order chi connectivity index (χ0) is 16.7. The Balaban J connectivity index is 1.88. The monoisotopic (exact) mass is 321 g/mol. The Hall–Kier alpha value is -2.12. The standard InChI is InChI=1S/C15H27N7O/c1-4-13-20-18-11-22(13)9-8-17-15(16-5-2)19-12-6-7-14(23)21(3)10-12/h11-12H,4-10H2,1-3H3,(H2,16,17,19). The number of nitrogens with zero attached hydrogens (tertiary/aromatic N) is 5. The molecule has 0 radical (unpaired) electrons. The summed E-state index contributed by atoms with van der Waals surface area (Å²) in [7, 11) is 1.85. The molecule has 0 saturated carbocycles. The summed E-state index contributed by atoms with van der Waals surface area (Å²) in [4.78, 5) is 17.9. The first-order chi connectivity index (χ1) is 11.1. The van der Waals surface area contributed by atoms with E-state index in [1.54, 1.807) is 11.2 Å². The molecule has 1 aromatic rings. The van der Waals surface area contributed by atoms with Gasteiger partial charge in [-0.05, 0) is 13.3 Å². The van der Waals surface area contributed by atoms with Gasteiger partial charge in [0.2, 0.25) is 5.91 Å². The lowest BCUT2D eigenvalue weighted by Gasteiger charge is -2.31. The molecule has 0 spiro atoms. The Morgan fingerprint density at radius 2 is 2.30 bits per heavy atom. The fourth-order valence-corrected chi connectivity index (χ4v) is 2.65. The van der Waals surface area contributed by atoms with E-state index in [1.165, 1.54) is 0 Å². The van der Waals surface area contributed by atoms with Crippen LogP contribution in [0.2, 0.25) is 0 Å². The smallest absolute Gasteiger partial charge is 0.222 e. The summed E-state index contributed by atoms with van der Waals surface area (Å²) in [6.07, 6.45) is 4.05. The van der Waals surface area contributed by atoms with Gasteiger partial charge in [-0.15, -0.1) is 10.2 Å². The van der Waals surface area contributed by atoms with Crippen LogP contribution >= 0.6 is 0 Å². The van der Waals surface area contributed by atoms with Crippen molar-refractivity contribution in [1.82, 2.24) is 30.3 Å². The van der Waals surface area contributed by atoms with Gasteiger partial charge >= 0.3 is 0 Å². The Morgan fingerprint density at radius 1 is 1.48 bits per heavy atom. The third-order valence-electron chi connectivity index (χ3n) is 3.93. The molecule has 0 aliphatic carbocycles. The summed E-state index contributed by atoms with van der Waals surface area (Å²) in [6.45, 7) is 7.05. The van der Waals surface area contributed by atoms with Crippen molar-refractivity contribution in [3.05, 3.63) is 12.2 Å². The Morgan fingerprint density at radius 3 is 3.00 bits per heavy atom. The second kappa shape index (κ2) is 8.50. The van der Waals surface area contributed by atoms with Gasteiger partial charge in [0, 0.05) is 45.6 Å². The zero-order valence-electron chi connectivity index (χ0n) is 14.2. The normalized spacial score (nSPS) is 19.1. The van der Waals surface area contributed by atoms with Crippen LogP contribution in [0.1, 0.15) is 32.5 Å². The molecule has 1 aromatic heterocycles. The SMILES string of the molecule is CCNC(=NCCn1cnnc1CC)NC1CCC(=O)N(C)C1. The predicted octanol–water partition coefficient (Wildman–Crippen LogP) is 0.0164. The Kier molecular flexibility index (Phi) is 6.37. The summed E-state index contributed by atoms with van der Waals surface area (Å²) in [6, 6.07) is 0.247. The fraction of sp³-hybridized carbons (Fsp3) is 0.733. The molecule has 8 nitrogen and oxygen atoms in total. The molecular weight excluding hydrogens is 294 g/mol. The maximum absolute atomic E-state index is 11.6. The highest BCUT2D eigenvalue weighted by atomic mass is 16.2. The molecule has 2 heterocycles. The second-order valence-corrected chi connectivity index (χ2v) is 5.71. The van der Waals surface area contributed by atoms with Gasteiger partial charge < -0.3 is 20.1 Å². The molecule has 0 aromatic carbocycles. The zero-order valence-corrected chi connectivity index (χ0v) is 14.2. The van der Waals surface area contributed by atoms with Crippen LogP contribution in [0.5, 0.6) is 0 Å². The first-order valence-electron chi connectivity index (χ1n) is 8.29. The molecule has 1 saturated heterocycles. The molecule has 2 N–H and O–H groups in total. The number of likely N-dealkylation sites (tertiary alicyclic amines) is 1. The van der Waals surface area contributed by atoms with Crippen LogP contribution in [-0.2, 0) is 17.8 Å². The van der Waals surface area contributed by atoms with Crippen molar-refractivity contribution in [1.29, 1.82) is 0 Å². The minimum Gasteiger partial charge on any atom is -0.357 e. The first kappa shape index (κ1) is 17.2. The minimum absolute atomic E-state index is 0.213. The summed E-state index contributed by atoms with van der Waals surface area (Å²) >= 11 is 0. The van der Waals surface area contributed by atoms with Crippen LogP contribution in [-0.4, -0.2) is 64.3 Å². The molecule has 2 rings (SSSR count). The maximum atomic E-state index is 11.6. The van der Waals surface area contributed by atoms with Crippen molar-refractivity contribution in [2.45, 2.75) is 45.7 Å². The quantitative estimate of drug-likeness (QED) is 0.569. The Bertz CT molecular complexity index is 540. The van der Waals surface area contributed by atoms with Crippen molar-refractivity contribution in [2.75, 3.05) is 26.7 Å². The van der Waals surface area contributed by atoms with Gasteiger partial charge in [0.1, 0.15) is 12.2 Å². The molecule has 0 bridgehead atoms. The maximum Gasteiger partial charge on any atom is 0.222 e. The van der Waals surface area contributed by atoms with Gasteiger partial charge in [-0.25, -0.2) is 0 Å². The number of likely N-dealkylation sites (N-methyl/N-ethyl adjacent to an activating group) is 1. The highest BCUT2D eigenvalue weighted by Gasteiger charge is 2.23. The number of hydrogen-bond donors (Lipinski definition) is 2. The highest BCUT2D eigenvalue weighted by Crippen LogP contribution is 2.09. The number of hydrogen-bond acceptors (Lipinski definition) is 4. The van der Waals surface area contributed by atoms with E-state index in [9.17, 15) is 4.79 Å². The largest absolute Gasteiger partial charge is 0.357 e. The number of aliphatic imine (C=N–C) groups is 1. The van der Waals surface area contributed by atoms with E-state index in [0.717, 1.165) is 37.7 Å². The van der Waals surface area contributed by atoms with E-state index >= 15 is 0 Å². The second-order valence-electron chi connectivity index (χ2n) is 5.71. The van der Waals surface area contributed by atoms with Crippen LogP contribution in [0.3, 0.4) is 0 Å². The van der Waals surface area contributed by atoms with E-state index < -0.39 is 0 Å². The van der Waals surface area contributed by atoms with Gasteiger partial charge in [-0.2, -0.15) is 0 Å². The van der Waals surface area contributed by atoms with E-state index in [0.29, 0.717) is 19.5 Å². The summed E-state index contributed by atoms with van der Waals surface area (Å²) < 4.78 is 2.03. The fourth-order valence-electron chi connectivity index (χ4n) is 2.65. The van der Waals surface area contributed by atoms with E-state index in [2.05, 4.69) is 32.7 Å². The molecule has 8 heteroatoms. The van der Waals surface area contributed by atoms with Crippen molar-refractivity contribution in [3.8, 4) is 0 Å². The molecule has 1 unspecified atom stereocenters. The minimum atomic E-state index is 0.213. The van der Waals surface area contributed by atoms with Crippen LogP contribution in [0, 0.1) is 0 Å². The van der Waals surface area contributed by atoms with Crippen LogP contribution in [0.15, 0.2) is 11.3 Å². The van der Waals surface area contributed by atoms with Gasteiger partial charge in [0.15, 0.2) is 5.96 Å². The molecular formula is C15H27N7O. The van der Waals surface area contributed by atoms with Gasteiger partial charge in [0.05, 0.1) is 6.54 Å². The summed E-state index contributed by atoms with van der Waals surface area (Å²) in [5.74, 6) is 1.99. The molecule has 1 atom stereocenters. The van der Waals surface area contributed by atoms with Crippen LogP contribution in [0.25, 0.3) is 0 Å². The lowest BCUT2D eigenvalue weighted by Crippen LogP contribution is -2.51.